The van der Waals surface area contributed by atoms with Gasteiger partial charge in [-0.3, -0.25) is 9.59 Å². The molecule has 6 nitrogen and oxygen atoms in total. The molecule has 0 aliphatic carbocycles. The van der Waals surface area contributed by atoms with Gasteiger partial charge in [0, 0.05) is 46.5 Å². The zero-order chi connectivity index (χ0) is 13.8. The number of carbonyl (C=O) groups is 2. The summed E-state index contributed by atoms with van der Waals surface area (Å²) in [5.41, 5.74) is 0.588. The molecule has 0 unspecified atom stereocenters. The average Bonchev–Trinajstić information content (AvgIpc) is 2.46. The fourth-order valence-electron chi connectivity index (χ4n) is 1.99. The molecule has 6 heteroatoms. The van der Waals surface area contributed by atoms with Gasteiger partial charge in [-0.2, -0.15) is 0 Å². The van der Waals surface area contributed by atoms with Gasteiger partial charge in [-0.1, -0.05) is 0 Å². The predicted molar refractivity (Wildman–Crippen MR) is 72.1 cm³/mol. The van der Waals surface area contributed by atoms with E-state index in [1.807, 2.05) is 25.1 Å². The summed E-state index contributed by atoms with van der Waals surface area (Å²) in [6, 6.07) is 3.62. The van der Waals surface area contributed by atoms with E-state index >= 15 is 0 Å². The minimum absolute atomic E-state index is 0.0247. The Morgan fingerprint density at radius 3 is 2.42 bits per heavy atom. The van der Waals surface area contributed by atoms with E-state index in [4.69, 9.17) is 0 Å². The van der Waals surface area contributed by atoms with Crippen molar-refractivity contribution in [3.05, 3.63) is 23.9 Å². The standard InChI is InChI=1S/C13H18N4O2/c1-15(2)12-4-3-11(9-14-12)13(19)17-7-5-16(10-18)6-8-17/h3-4,9-10H,5-8H2,1-2H3. The molecule has 0 bridgehead atoms. The molecule has 2 heterocycles. The molecular weight excluding hydrogens is 244 g/mol. The van der Waals surface area contributed by atoms with Crippen LogP contribution in [0.4, 0.5) is 5.82 Å². The van der Waals surface area contributed by atoms with Crippen molar-refractivity contribution in [1.82, 2.24) is 14.8 Å². The highest BCUT2D eigenvalue weighted by Crippen LogP contribution is 2.11. The van der Waals surface area contributed by atoms with Gasteiger partial charge in [0.15, 0.2) is 0 Å². The lowest BCUT2D eigenvalue weighted by molar-refractivity contribution is -0.119. The molecule has 2 amide bonds. The molecule has 102 valence electrons. The SMILES string of the molecule is CN(C)c1ccc(C(=O)N2CCN(C=O)CC2)cn1. The Morgan fingerprint density at radius 1 is 1.26 bits per heavy atom. The van der Waals surface area contributed by atoms with Gasteiger partial charge in [0.05, 0.1) is 5.56 Å². The molecule has 1 aromatic heterocycles. The number of hydrogen-bond donors (Lipinski definition) is 0. The quantitative estimate of drug-likeness (QED) is 0.723. The lowest BCUT2D eigenvalue weighted by Gasteiger charge is -2.32. The normalized spacial score (nSPS) is 15.3. The first-order valence-corrected chi connectivity index (χ1v) is 6.24. The van der Waals surface area contributed by atoms with Crippen molar-refractivity contribution >= 4 is 18.1 Å². The van der Waals surface area contributed by atoms with Crippen molar-refractivity contribution < 1.29 is 9.59 Å². The Hall–Kier alpha value is -2.11. The third kappa shape index (κ3) is 3.01. The van der Waals surface area contributed by atoms with Crippen molar-refractivity contribution in [2.45, 2.75) is 0 Å². The van der Waals surface area contributed by atoms with Crippen LogP contribution in [-0.2, 0) is 4.79 Å². The first-order chi connectivity index (χ1) is 9.11. The molecule has 0 spiro atoms. The number of carbonyl (C=O) groups excluding carboxylic acids is 2. The Morgan fingerprint density at radius 2 is 1.95 bits per heavy atom. The van der Waals surface area contributed by atoms with E-state index in [-0.39, 0.29) is 5.91 Å². The zero-order valence-electron chi connectivity index (χ0n) is 11.2. The van der Waals surface area contributed by atoms with Crippen molar-refractivity contribution in [2.75, 3.05) is 45.2 Å². The van der Waals surface area contributed by atoms with Gasteiger partial charge < -0.3 is 14.7 Å². The number of anilines is 1. The average molecular weight is 262 g/mol. The van der Waals surface area contributed by atoms with Crippen LogP contribution in [0.3, 0.4) is 0 Å². The van der Waals surface area contributed by atoms with Crippen molar-refractivity contribution in [3.63, 3.8) is 0 Å². The highest BCUT2D eigenvalue weighted by Gasteiger charge is 2.21. The van der Waals surface area contributed by atoms with Gasteiger partial charge in [-0.15, -0.1) is 0 Å². The summed E-state index contributed by atoms with van der Waals surface area (Å²) in [6.45, 7) is 2.34. The molecule has 1 aliphatic rings. The van der Waals surface area contributed by atoms with Gasteiger partial charge in [-0.25, -0.2) is 4.98 Å². The van der Waals surface area contributed by atoms with Gasteiger partial charge in [0.1, 0.15) is 5.82 Å². The molecule has 0 radical (unpaired) electrons. The summed E-state index contributed by atoms with van der Waals surface area (Å²) in [5.74, 6) is 0.797. The Kier molecular flexibility index (Phi) is 3.99. The topological polar surface area (TPSA) is 56.8 Å². The lowest BCUT2D eigenvalue weighted by Crippen LogP contribution is -2.48. The molecule has 1 aliphatic heterocycles. The fourth-order valence-corrected chi connectivity index (χ4v) is 1.99. The third-order valence-corrected chi connectivity index (χ3v) is 3.20. The maximum atomic E-state index is 12.2. The van der Waals surface area contributed by atoms with Crippen LogP contribution in [0.15, 0.2) is 18.3 Å². The number of piperazine rings is 1. The van der Waals surface area contributed by atoms with Crippen LogP contribution in [-0.4, -0.2) is 67.4 Å². The van der Waals surface area contributed by atoms with Crippen LogP contribution in [0.1, 0.15) is 10.4 Å². The number of rotatable bonds is 3. The lowest BCUT2D eigenvalue weighted by atomic mass is 10.2. The maximum absolute atomic E-state index is 12.2. The van der Waals surface area contributed by atoms with Crippen LogP contribution >= 0.6 is 0 Å². The molecule has 1 fully saturated rings. The van der Waals surface area contributed by atoms with E-state index in [1.54, 1.807) is 22.1 Å². The Labute approximate surface area is 112 Å². The highest BCUT2D eigenvalue weighted by molar-refractivity contribution is 5.94. The first kappa shape index (κ1) is 13.3. The number of nitrogens with zero attached hydrogens (tertiary/aromatic N) is 4. The van der Waals surface area contributed by atoms with Crippen LogP contribution in [0.5, 0.6) is 0 Å². The molecule has 0 atom stereocenters. The van der Waals surface area contributed by atoms with E-state index < -0.39 is 0 Å². The Bertz CT molecular complexity index is 450. The minimum Gasteiger partial charge on any atom is -0.363 e. The van der Waals surface area contributed by atoms with Gasteiger partial charge in [0.2, 0.25) is 6.41 Å². The highest BCUT2D eigenvalue weighted by atomic mass is 16.2. The Balaban J connectivity index is 2.02. The third-order valence-electron chi connectivity index (χ3n) is 3.20. The molecule has 19 heavy (non-hydrogen) atoms. The van der Waals surface area contributed by atoms with E-state index in [0.717, 1.165) is 12.2 Å². The van der Waals surface area contributed by atoms with Crippen molar-refractivity contribution in [1.29, 1.82) is 0 Å². The van der Waals surface area contributed by atoms with Gasteiger partial charge >= 0.3 is 0 Å². The van der Waals surface area contributed by atoms with E-state index in [9.17, 15) is 9.59 Å². The van der Waals surface area contributed by atoms with Crippen LogP contribution in [0.2, 0.25) is 0 Å². The molecule has 1 saturated heterocycles. The van der Waals surface area contributed by atoms with Gasteiger partial charge in [0.25, 0.3) is 5.91 Å². The van der Waals surface area contributed by atoms with E-state index in [2.05, 4.69) is 4.98 Å². The van der Waals surface area contributed by atoms with Gasteiger partial charge in [-0.05, 0) is 12.1 Å². The monoisotopic (exact) mass is 262 g/mol. The number of hydrogen-bond acceptors (Lipinski definition) is 4. The van der Waals surface area contributed by atoms with E-state index in [0.29, 0.717) is 31.7 Å². The fraction of sp³-hybridized carbons (Fsp3) is 0.462. The summed E-state index contributed by atoms with van der Waals surface area (Å²) < 4.78 is 0. The summed E-state index contributed by atoms with van der Waals surface area (Å²) >= 11 is 0. The number of aromatic nitrogens is 1. The first-order valence-electron chi connectivity index (χ1n) is 6.24. The second kappa shape index (κ2) is 5.69. The molecular formula is C13H18N4O2. The number of amides is 2. The second-order valence-electron chi connectivity index (χ2n) is 4.73. The van der Waals surface area contributed by atoms with Crippen molar-refractivity contribution in [2.24, 2.45) is 0 Å². The zero-order valence-corrected chi connectivity index (χ0v) is 11.2. The number of pyridine rings is 1. The molecule has 1 aromatic rings. The molecule has 2 rings (SSSR count). The van der Waals surface area contributed by atoms with Crippen LogP contribution in [0.25, 0.3) is 0 Å². The predicted octanol–water partition coefficient (Wildman–Crippen LogP) is 0.0618. The minimum atomic E-state index is -0.0247. The summed E-state index contributed by atoms with van der Waals surface area (Å²) in [6.07, 6.45) is 2.43. The molecule has 0 aromatic carbocycles. The van der Waals surface area contributed by atoms with E-state index in [1.165, 1.54) is 0 Å². The van der Waals surface area contributed by atoms with Crippen LogP contribution < -0.4 is 4.90 Å². The molecule has 0 saturated carbocycles. The summed E-state index contributed by atoms with van der Waals surface area (Å²) in [7, 11) is 3.81. The largest absolute Gasteiger partial charge is 0.363 e. The van der Waals surface area contributed by atoms with Crippen molar-refractivity contribution in [3.8, 4) is 0 Å². The smallest absolute Gasteiger partial charge is 0.255 e. The summed E-state index contributed by atoms with van der Waals surface area (Å²) in [4.78, 5) is 32.4. The summed E-state index contributed by atoms with van der Waals surface area (Å²) in [5, 5.41) is 0. The molecule has 0 N–H and O–H groups in total. The maximum Gasteiger partial charge on any atom is 0.255 e. The van der Waals surface area contributed by atoms with Crippen LogP contribution in [0, 0.1) is 0 Å². The second-order valence-corrected chi connectivity index (χ2v) is 4.73.